The molecular weight excluding hydrogens is 1220 g/mol. The van der Waals surface area contributed by atoms with Gasteiger partial charge in [0.25, 0.3) is 6.71 Å². The number of aromatic nitrogens is 2. The molecule has 0 spiro atoms. The number of benzene rings is 14. The molecule has 6 heterocycles. The second-order valence-electron chi connectivity index (χ2n) is 29.1. The molecule has 2 aliphatic heterocycles. The molecular formula is C92H67BN4OS. The average Bonchev–Trinajstić information content (AvgIpc) is 0.760. The number of nitrogens with zero attached hydrogens (tertiary/aromatic N) is 4. The fourth-order valence-corrected chi connectivity index (χ4v) is 18.0. The first kappa shape index (κ1) is 57.6. The minimum atomic E-state index is -0.216. The first-order chi connectivity index (χ1) is 48.4. The number of hydrogen-bond acceptors (Lipinski definition) is 4. The normalized spacial score (nSPS) is 13.1. The van der Waals surface area contributed by atoms with Crippen LogP contribution in [0.25, 0.3) is 130 Å². The first-order valence-corrected chi connectivity index (χ1v) is 35.4. The van der Waals surface area contributed by atoms with Gasteiger partial charge in [-0.15, -0.1) is 11.3 Å². The first-order valence-electron chi connectivity index (χ1n) is 34.6. The van der Waals surface area contributed by atoms with Crippen LogP contribution in [0.3, 0.4) is 0 Å². The minimum absolute atomic E-state index is 0.131. The second kappa shape index (κ2) is 21.4. The molecule has 0 unspecified atom stereocenters. The quantitative estimate of drug-likeness (QED) is 0.149. The van der Waals surface area contributed by atoms with Crippen LogP contribution in [0.5, 0.6) is 0 Å². The topological polar surface area (TPSA) is 29.5 Å². The molecule has 7 heteroatoms. The summed E-state index contributed by atoms with van der Waals surface area (Å²) in [5.41, 5.74) is 28.4. The molecule has 0 bridgehead atoms. The van der Waals surface area contributed by atoms with Gasteiger partial charge in [-0.05, 0) is 164 Å². The summed E-state index contributed by atoms with van der Waals surface area (Å²) in [6.45, 7) is 13.8. The van der Waals surface area contributed by atoms with Gasteiger partial charge in [-0.3, -0.25) is 0 Å². The monoisotopic (exact) mass is 1290 g/mol. The summed E-state index contributed by atoms with van der Waals surface area (Å²) in [6.07, 6.45) is 0. The fraction of sp³-hybridized carbons (Fsp3) is 0.0870. The lowest BCUT2D eigenvalue weighted by Crippen LogP contribution is -2.61. The van der Waals surface area contributed by atoms with Gasteiger partial charge in [0.1, 0.15) is 11.2 Å². The van der Waals surface area contributed by atoms with Crippen LogP contribution in [0, 0.1) is 0 Å². The van der Waals surface area contributed by atoms with Crippen molar-refractivity contribution >= 4 is 154 Å². The molecule has 99 heavy (non-hydrogen) atoms. The zero-order valence-corrected chi connectivity index (χ0v) is 56.8. The van der Waals surface area contributed by atoms with E-state index in [1.807, 2.05) is 11.3 Å². The van der Waals surface area contributed by atoms with E-state index in [2.05, 4.69) is 358 Å². The molecule has 2 aliphatic rings. The van der Waals surface area contributed by atoms with Gasteiger partial charge >= 0.3 is 0 Å². The largest absolute Gasteiger partial charge is 0.456 e. The highest BCUT2D eigenvalue weighted by Gasteiger charge is 2.45. The Morgan fingerprint density at radius 1 is 0.313 bits per heavy atom. The summed E-state index contributed by atoms with van der Waals surface area (Å²) in [5.74, 6) is 0. The van der Waals surface area contributed by atoms with Gasteiger partial charge in [0.2, 0.25) is 0 Å². The summed E-state index contributed by atoms with van der Waals surface area (Å²) in [7, 11) is 0. The van der Waals surface area contributed by atoms with Crippen molar-refractivity contribution in [3.63, 3.8) is 0 Å². The number of anilines is 6. The van der Waals surface area contributed by atoms with E-state index in [4.69, 9.17) is 4.42 Å². The number of hydrogen-bond donors (Lipinski definition) is 0. The van der Waals surface area contributed by atoms with Gasteiger partial charge in [0.05, 0.1) is 33.4 Å². The molecule has 4 aromatic heterocycles. The van der Waals surface area contributed by atoms with E-state index < -0.39 is 0 Å². The van der Waals surface area contributed by atoms with E-state index in [0.29, 0.717) is 0 Å². The van der Waals surface area contributed by atoms with Crippen LogP contribution in [0.4, 0.5) is 34.1 Å². The highest BCUT2D eigenvalue weighted by Crippen LogP contribution is 2.54. The van der Waals surface area contributed by atoms with Crippen molar-refractivity contribution < 1.29 is 4.42 Å². The van der Waals surface area contributed by atoms with Crippen molar-refractivity contribution in [3.05, 3.63) is 308 Å². The maximum atomic E-state index is 6.64. The van der Waals surface area contributed by atoms with E-state index in [-0.39, 0.29) is 17.5 Å². The highest BCUT2D eigenvalue weighted by atomic mass is 32.1. The standard InChI is InChI=1S/C92H67BN4OS/c1-91(2,3)59-40-46-78(70(52-59)56-24-9-7-10-25-56)96-80-54-61(94-74-35-18-13-28-64(74)65-29-14-19-36-75(65)94)42-44-72(80)93-73-45-43-62(95-76-37-20-15-30-66(76)67-31-16-21-38-77(67)95)55-81(73)97(79-47-41-60(92(4,5)6)53-71(79)57-26-11-8-12-27-57)83-51-58(50-82(96)89(83)93)63-33-23-34-69-88-86(99-90(63)69)49-48-85-87(88)68-32-17-22-39-84(68)98-85/h7-55H,1-6H3. The Morgan fingerprint density at radius 2 is 0.758 bits per heavy atom. The maximum absolute atomic E-state index is 6.64. The lowest BCUT2D eigenvalue weighted by atomic mass is 9.33. The summed E-state index contributed by atoms with van der Waals surface area (Å²) in [6, 6.07) is 112. The smallest absolute Gasteiger partial charge is 0.252 e. The number of furan rings is 1. The molecule has 0 amide bonds. The summed E-state index contributed by atoms with van der Waals surface area (Å²) >= 11 is 1.88. The summed E-state index contributed by atoms with van der Waals surface area (Å²) in [5, 5.41) is 9.68. The Bertz CT molecular complexity index is 6010. The Balaban J connectivity index is 0.956. The van der Waals surface area contributed by atoms with Gasteiger partial charge in [-0.1, -0.05) is 236 Å². The molecule has 20 rings (SSSR count). The number of rotatable bonds is 7. The van der Waals surface area contributed by atoms with Crippen LogP contribution < -0.4 is 26.2 Å². The fourth-order valence-electron chi connectivity index (χ4n) is 16.7. The van der Waals surface area contributed by atoms with E-state index in [9.17, 15) is 0 Å². The van der Waals surface area contributed by atoms with Gasteiger partial charge in [0.15, 0.2) is 0 Å². The van der Waals surface area contributed by atoms with E-state index in [1.165, 1.54) is 108 Å². The molecule has 0 saturated carbocycles. The van der Waals surface area contributed by atoms with E-state index in [0.717, 1.165) is 84.1 Å². The second-order valence-corrected chi connectivity index (χ2v) is 30.2. The van der Waals surface area contributed by atoms with Crippen molar-refractivity contribution in [1.82, 2.24) is 9.13 Å². The third kappa shape index (κ3) is 8.66. The molecule has 470 valence electrons. The van der Waals surface area contributed by atoms with Crippen molar-refractivity contribution in [3.8, 4) is 44.8 Å². The zero-order valence-electron chi connectivity index (χ0n) is 56.0. The van der Waals surface area contributed by atoms with Crippen molar-refractivity contribution in [1.29, 1.82) is 0 Å². The molecule has 0 aliphatic carbocycles. The van der Waals surface area contributed by atoms with Gasteiger partial charge < -0.3 is 23.4 Å². The zero-order chi connectivity index (χ0) is 66.2. The SMILES string of the molecule is CC(C)(C)c1ccc(N2c3cc(-n4c5ccccc5c5ccccc54)ccc3B3c4ccc(-n5c6ccccc6c6ccccc65)cc4N(c4ccc(C(C)(C)C)cc4-c4ccccc4)c4cc(-c5cccc6c5sc5ccc7oc8ccccc8c7c56)cc2c43)c(-c2ccccc2)c1. The van der Waals surface area contributed by atoms with Gasteiger partial charge in [0, 0.05) is 97.7 Å². The molecule has 0 saturated heterocycles. The Labute approximate surface area is 579 Å². The summed E-state index contributed by atoms with van der Waals surface area (Å²) in [4.78, 5) is 5.34. The van der Waals surface area contributed by atoms with Crippen molar-refractivity contribution in [2.24, 2.45) is 0 Å². The molecule has 18 aromatic rings. The molecule has 0 atom stereocenters. The highest BCUT2D eigenvalue weighted by molar-refractivity contribution is 7.26. The lowest BCUT2D eigenvalue weighted by Gasteiger charge is -2.45. The van der Waals surface area contributed by atoms with Crippen LogP contribution in [0.15, 0.2) is 302 Å². The van der Waals surface area contributed by atoms with Crippen LogP contribution in [-0.2, 0) is 10.8 Å². The van der Waals surface area contributed by atoms with Gasteiger partial charge in [-0.25, -0.2) is 0 Å². The van der Waals surface area contributed by atoms with Crippen LogP contribution in [0.2, 0.25) is 0 Å². The Morgan fingerprint density at radius 3 is 1.24 bits per heavy atom. The van der Waals surface area contributed by atoms with Crippen LogP contribution in [0.1, 0.15) is 52.7 Å². The molecule has 0 N–H and O–H groups in total. The predicted molar refractivity (Wildman–Crippen MR) is 423 cm³/mol. The number of para-hydroxylation sites is 5. The minimum Gasteiger partial charge on any atom is -0.456 e. The average molecular weight is 1290 g/mol. The van der Waals surface area contributed by atoms with Crippen molar-refractivity contribution in [2.45, 2.75) is 52.4 Å². The third-order valence-corrected chi connectivity index (χ3v) is 22.6. The van der Waals surface area contributed by atoms with Crippen LogP contribution >= 0.6 is 11.3 Å². The third-order valence-electron chi connectivity index (χ3n) is 21.4. The molecule has 14 aromatic carbocycles. The molecule has 5 nitrogen and oxygen atoms in total. The summed E-state index contributed by atoms with van der Waals surface area (Å²) < 4.78 is 14.1. The van der Waals surface area contributed by atoms with E-state index >= 15 is 0 Å². The van der Waals surface area contributed by atoms with Crippen LogP contribution in [-0.4, -0.2) is 15.8 Å². The Kier molecular flexibility index (Phi) is 12.5. The van der Waals surface area contributed by atoms with Crippen molar-refractivity contribution in [2.75, 3.05) is 9.80 Å². The number of fused-ring (bicyclic) bond motifs is 17. The number of thiophene rings is 1. The Hall–Kier alpha value is -11.6. The van der Waals surface area contributed by atoms with Gasteiger partial charge in [-0.2, -0.15) is 0 Å². The lowest BCUT2D eigenvalue weighted by molar-refractivity contribution is 0.590. The predicted octanol–water partition coefficient (Wildman–Crippen LogP) is 23.8. The maximum Gasteiger partial charge on any atom is 0.252 e. The molecule has 0 radical (unpaired) electrons. The molecule has 0 fully saturated rings. The van der Waals surface area contributed by atoms with E-state index in [1.54, 1.807) is 0 Å².